The van der Waals surface area contributed by atoms with E-state index in [0.29, 0.717) is 0 Å². The zero-order valence-corrected chi connectivity index (χ0v) is 6.99. The quantitative estimate of drug-likeness (QED) is 0.335. The van der Waals surface area contributed by atoms with Crippen molar-refractivity contribution >= 4 is 7.82 Å². The van der Waals surface area contributed by atoms with E-state index in [1.165, 1.54) is 0 Å². The van der Waals surface area contributed by atoms with Crippen LogP contribution in [0.25, 0.3) is 0 Å². The highest BCUT2D eigenvalue weighted by Crippen LogP contribution is 2.40. The lowest BCUT2D eigenvalue weighted by molar-refractivity contribution is -0.0114. The van der Waals surface area contributed by atoms with E-state index in [9.17, 15) is 4.57 Å². The van der Waals surface area contributed by atoms with Crippen molar-refractivity contribution in [1.29, 1.82) is 0 Å². The van der Waals surface area contributed by atoms with Gasteiger partial charge in [0.15, 0.2) is 5.72 Å². The van der Waals surface area contributed by atoms with Crippen molar-refractivity contribution in [2.24, 2.45) is 5.73 Å². The number of phosphoric acid groups is 1. The third-order valence-corrected chi connectivity index (χ3v) is 1.77. The van der Waals surface area contributed by atoms with E-state index in [-0.39, 0.29) is 6.42 Å². The average Bonchev–Trinajstić information content (AvgIpc) is 1.84. The van der Waals surface area contributed by atoms with E-state index < -0.39 is 20.2 Å². The summed E-state index contributed by atoms with van der Waals surface area (Å²) in [5.74, 6) is 0. The maximum Gasteiger partial charge on any atom is 0.471 e. The molecule has 7 heteroatoms. The second kappa shape index (κ2) is 3.62. The molecule has 0 amide bonds. The van der Waals surface area contributed by atoms with Gasteiger partial charge in [-0.1, -0.05) is 6.92 Å². The molecule has 5 N–H and O–H groups in total. The van der Waals surface area contributed by atoms with Gasteiger partial charge in [-0.05, 0) is 6.42 Å². The molecule has 0 aromatic heterocycles. The smallest absolute Gasteiger partial charge is 0.392 e. The molecule has 0 radical (unpaired) electrons. The Kier molecular flexibility index (Phi) is 3.63. The Morgan fingerprint density at radius 2 is 2.09 bits per heavy atom. The van der Waals surface area contributed by atoms with E-state index in [1.807, 2.05) is 0 Å². The van der Waals surface area contributed by atoms with Gasteiger partial charge in [-0.15, -0.1) is 0 Å². The predicted octanol–water partition coefficient (Wildman–Crippen LogP) is -0.847. The minimum Gasteiger partial charge on any atom is -0.392 e. The van der Waals surface area contributed by atoms with E-state index in [1.54, 1.807) is 6.92 Å². The number of phosphoric ester groups is 1. The number of hydrogen-bond donors (Lipinski definition) is 4. The Morgan fingerprint density at radius 3 is 2.18 bits per heavy atom. The molecule has 1 unspecified atom stereocenters. The zero-order chi connectivity index (χ0) is 9.12. The molecule has 0 fully saturated rings. The monoisotopic (exact) mass is 185 g/mol. The lowest BCUT2D eigenvalue weighted by Gasteiger charge is -2.25. The molecule has 1 atom stereocenters. The van der Waals surface area contributed by atoms with Crippen LogP contribution >= 0.6 is 7.82 Å². The van der Waals surface area contributed by atoms with Gasteiger partial charge in [-0.25, -0.2) is 4.57 Å². The molecule has 0 spiro atoms. The van der Waals surface area contributed by atoms with Crippen LogP contribution in [-0.4, -0.2) is 27.2 Å². The van der Waals surface area contributed by atoms with Gasteiger partial charge in [0.05, 0.1) is 6.61 Å². The first-order valence-electron chi connectivity index (χ1n) is 2.99. The minimum atomic E-state index is -4.61. The third-order valence-electron chi connectivity index (χ3n) is 1.17. The fraction of sp³-hybridized carbons (Fsp3) is 1.00. The van der Waals surface area contributed by atoms with Crippen molar-refractivity contribution in [3.8, 4) is 0 Å². The number of hydrogen-bond acceptors (Lipinski definition) is 4. The Bertz CT molecular complexity index is 162. The van der Waals surface area contributed by atoms with E-state index >= 15 is 0 Å². The molecule has 0 aliphatic carbocycles. The summed E-state index contributed by atoms with van der Waals surface area (Å²) in [7, 11) is -4.61. The Morgan fingerprint density at radius 1 is 1.64 bits per heavy atom. The van der Waals surface area contributed by atoms with Crippen LogP contribution in [0.3, 0.4) is 0 Å². The first kappa shape index (κ1) is 11.0. The van der Waals surface area contributed by atoms with Crippen molar-refractivity contribution in [3.05, 3.63) is 0 Å². The van der Waals surface area contributed by atoms with Crippen molar-refractivity contribution in [3.63, 3.8) is 0 Å². The topological polar surface area (TPSA) is 113 Å². The number of aliphatic hydroxyl groups excluding tert-OH is 1. The highest BCUT2D eigenvalue weighted by atomic mass is 31.2. The highest BCUT2D eigenvalue weighted by molar-refractivity contribution is 7.46. The Hall–Kier alpha value is 0.0300. The van der Waals surface area contributed by atoms with Crippen LogP contribution in [0.15, 0.2) is 0 Å². The lowest BCUT2D eigenvalue weighted by Crippen LogP contribution is -2.44. The van der Waals surface area contributed by atoms with Gasteiger partial charge in [0.2, 0.25) is 0 Å². The van der Waals surface area contributed by atoms with Gasteiger partial charge in [-0.3, -0.25) is 4.52 Å². The van der Waals surface area contributed by atoms with Gasteiger partial charge < -0.3 is 20.6 Å². The third kappa shape index (κ3) is 4.47. The number of nitrogens with two attached hydrogens (primary N) is 1. The summed E-state index contributed by atoms with van der Waals surface area (Å²) in [6.07, 6.45) is 0.120. The summed E-state index contributed by atoms with van der Waals surface area (Å²) in [6.45, 7) is 0.917. The summed E-state index contributed by atoms with van der Waals surface area (Å²) in [5.41, 5.74) is 3.58. The van der Waals surface area contributed by atoms with Gasteiger partial charge in [0.25, 0.3) is 0 Å². The number of aliphatic hydroxyl groups is 1. The number of rotatable bonds is 4. The van der Waals surface area contributed by atoms with Crippen molar-refractivity contribution in [2.75, 3.05) is 6.61 Å². The molecule has 0 saturated carbocycles. The minimum absolute atomic E-state index is 0.120. The van der Waals surface area contributed by atoms with Crippen LogP contribution in [0, 0.1) is 0 Å². The van der Waals surface area contributed by atoms with E-state index in [4.69, 9.17) is 20.6 Å². The highest BCUT2D eigenvalue weighted by Gasteiger charge is 2.31. The molecule has 0 aromatic carbocycles. The molecule has 11 heavy (non-hydrogen) atoms. The summed E-state index contributed by atoms with van der Waals surface area (Å²) in [6, 6.07) is 0. The molecule has 68 valence electrons. The molecule has 0 aliphatic heterocycles. The molecule has 6 nitrogen and oxygen atoms in total. The maximum atomic E-state index is 10.2. The molecular weight excluding hydrogens is 173 g/mol. The van der Waals surface area contributed by atoms with Crippen molar-refractivity contribution in [2.45, 2.75) is 19.1 Å². The van der Waals surface area contributed by atoms with Crippen LogP contribution in [0.2, 0.25) is 0 Å². The van der Waals surface area contributed by atoms with Gasteiger partial charge >= 0.3 is 7.82 Å². The summed E-state index contributed by atoms with van der Waals surface area (Å²) in [5, 5.41) is 8.56. The zero-order valence-electron chi connectivity index (χ0n) is 6.10. The van der Waals surface area contributed by atoms with Gasteiger partial charge in [0.1, 0.15) is 0 Å². The molecule has 0 saturated heterocycles. The summed E-state index contributed by atoms with van der Waals surface area (Å²) in [4.78, 5) is 16.6. The largest absolute Gasteiger partial charge is 0.471 e. The van der Waals surface area contributed by atoms with E-state index in [0.717, 1.165) is 0 Å². The van der Waals surface area contributed by atoms with Crippen LogP contribution in [0.1, 0.15) is 13.3 Å². The average molecular weight is 185 g/mol. The molecule has 0 bridgehead atoms. The molecule has 0 aliphatic rings. The van der Waals surface area contributed by atoms with Gasteiger partial charge in [0, 0.05) is 0 Å². The predicted molar refractivity (Wildman–Crippen MR) is 37.4 cm³/mol. The molecule has 0 rings (SSSR count). The van der Waals surface area contributed by atoms with Crippen molar-refractivity contribution in [1.82, 2.24) is 0 Å². The van der Waals surface area contributed by atoms with Crippen LogP contribution in [0.5, 0.6) is 0 Å². The maximum absolute atomic E-state index is 10.2. The first-order chi connectivity index (χ1) is 4.83. The standard InChI is InChI=1S/C4H12NO5P/c1-2-4(5,3-6)10-11(7,8)9/h6H,2-3,5H2,1H3,(H2,7,8,9). The molecule has 0 aromatic rings. The van der Waals surface area contributed by atoms with Gasteiger partial charge in [-0.2, -0.15) is 0 Å². The van der Waals surface area contributed by atoms with Crippen LogP contribution in [-0.2, 0) is 9.09 Å². The Labute approximate surface area is 64.2 Å². The summed E-state index contributed by atoms with van der Waals surface area (Å²) >= 11 is 0. The fourth-order valence-electron chi connectivity index (χ4n) is 0.442. The van der Waals surface area contributed by atoms with E-state index in [2.05, 4.69) is 4.52 Å². The summed E-state index contributed by atoms with van der Waals surface area (Å²) < 4.78 is 14.4. The lowest BCUT2D eigenvalue weighted by atomic mass is 10.2. The molecule has 0 heterocycles. The first-order valence-corrected chi connectivity index (χ1v) is 4.52. The normalized spacial score (nSPS) is 17.9. The molecular formula is C4H12NO5P. The second-order valence-electron chi connectivity index (χ2n) is 2.16. The van der Waals surface area contributed by atoms with Crippen molar-refractivity contribution < 1.29 is 24.0 Å². The van der Waals surface area contributed by atoms with Crippen LogP contribution < -0.4 is 5.73 Å². The second-order valence-corrected chi connectivity index (χ2v) is 3.32. The fourth-order valence-corrected chi connectivity index (χ4v) is 1.10. The van der Waals surface area contributed by atoms with Crippen LogP contribution in [0.4, 0.5) is 0 Å². The SMILES string of the molecule is CCC(N)(CO)OP(=O)(O)O. The Balaban J connectivity index is 4.20.